The van der Waals surface area contributed by atoms with Gasteiger partial charge in [0, 0.05) is 5.56 Å². The van der Waals surface area contributed by atoms with Crippen molar-refractivity contribution in [3.8, 4) is 0 Å². The number of rotatable bonds is 6. The second-order valence-corrected chi connectivity index (χ2v) is 6.44. The van der Waals surface area contributed by atoms with Crippen LogP contribution in [0.1, 0.15) is 11.1 Å². The van der Waals surface area contributed by atoms with Gasteiger partial charge in [-0.3, -0.25) is 4.28 Å². The molecule has 16 heteroatoms. The number of halogens is 10. The zero-order valence-electron chi connectivity index (χ0n) is 12.8. The maximum absolute atomic E-state index is 13.9. The van der Waals surface area contributed by atoms with Crippen LogP contribution in [-0.4, -0.2) is 42.8 Å². The van der Waals surface area contributed by atoms with E-state index in [2.05, 4.69) is 4.28 Å². The average molecular weight is 451 g/mol. The van der Waals surface area contributed by atoms with Gasteiger partial charge >= 0.3 is 33.6 Å². The van der Waals surface area contributed by atoms with Gasteiger partial charge < -0.3 is 5.11 Å². The molecule has 1 aromatic rings. The topological polar surface area (TPSA) is 76.0 Å². The van der Waals surface area contributed by atoms with E-state index < -0.39 is 51.5 Å². The van der Waals surface area contributed by atoms with E-state index in [4.69, 9.17) is 5.11 Å². The van der Waals surface area contributed by atoms with E-state index in [0.717, 1.165) is 12.1 Å². The van der Waals surface area contributed by atoms with E-state index in [-0.39, 0.29) is 5.56 Å². The minimum Gasteiger partial charge on any atom is -0.392 e. The van der Waals surface area contributed by atoms with Crippen molar-refractivity contribution in [3.05, 3.63) is 35.4 Å². The van der Waals surface area contributed by atoms with Gasteiger partial charge in [-0.1, -0.05) is 29.4 Å². The minimum absolute atomic E-state index is 0.0576. The molecule has 0 aromatic heterocycles. The third-order valence-electron chi connectivity index (χ3n) is 2.97. The molecule has 1 rings (SSSR count). The summed E-state index contributed by atoms with van der Waals surface area (Å²) in [5, 5.41) is 10.5. The van der Waals surface area contributed by atoms with Crippen molar-refractivity contribution in [1.82, 2.24) is 0 Å². The molecule has 160 valence electrons. The number of aliphatic hydroxyl groups excluding tert-OH is 1. The van der Waals surface area contributed by atoms with Crippen LogP contribution in [0.2, 0.25) is 0 Å². The molecular weight excluding hydrogens is 444 g/mol. The highest BCUT2D eigenvalue weighted by molar-refractivity contribution is 7.87. The van der Waals surface area contributed by atoms with E-state index >= 15 is 0 Å². The summed E-state index contributed by atoms with van der Waals surface area (Å²) in [4.78, 5) is 0. The molecule has 0 saturated heterocycles. The number of benzene rings is 1. The van der Waals surface area contributed by atoms with Gasteiger partial charge in [0.2, 0.25) is 0 Å². The lowest BCUT2D eigenvalue weighted by Gasteiger charge is -2.28. The van der Waals surface area contributed by atoms with Crippen molar-refractivity contribution < 1.29 is 61.7 Å². The Bertz CT molecular complexity index is 827. The van der Waals surface area contributed by atoms with Gasteiger partial charge in [0.1, 0.15) is 0 Å². The Balaban J connectivity index is 3.62. The van der Waals surface area contributed by atoms with Gasteiger partial charge in [-0.05, 0) is 5.56 Å². The third-order valence-corrected chi connectivity index (χ3v) is 3.81. The molecule has 0 atom stereocenters. The molecule has 0 aliphatic heterocycles. The van der Waals surface area contributed by atoms with Gasteiger partial charge in [-0.2, -0.15) is 52.3 Å². The lowest BCUT2D eigenvalue weighted by molar-refractivity contribution is -0.336. The third kappa shape index (κ3) is 4.48. The number of nitrogens with zero attached hydrogens (tertiary/aromatic N) is 1. The summed E-state index contributed by atoms with van der Waals surface area (Å²) >= 11 is 0. The van der Waals surface area contributed by atoms with E-state index in [1.165, 1.54) is 0 Å². The molecule has 0 heterocycles. The van der Waals surface area contributed by atoms with Gasteiger partial charge in [-0.25, -0.2) is 0 Å². The summed E-state index contributed by atoms with van der Waals surface area (Å²) in [5.41, 5.74) is -10.4. The summed E-state index contributed by atoms with van der Waals surface area (Å²) in [5.74, 6) is -13.2. The van der Waals surface area contributed by atoms with Gasteiger partial charge in [0.25, 0.3) is 0 Å². The predicted octanol–water partition coefficient (Wildman–Crippen LogP) is 3.58. The normalized spacial score (nSPS) is 14.9. The van der Waals surface area contributed by atoms with Crippen molar-refractivity contribution >= 4 is 15.8 Å². The van der Waals surface area contributed by atoms with Crippen LogP contribution in [0, 0.1) is 0 Å². The fourth-order valence-electron chi connectivity index (χ4n) is 1.51. The highest BCUT2D eigenvalue weighted by Crippen LogP contribution is 2.48. The number of oxime groups is 1. The van der Waals surface area contributed by atoms with Gasteiger partial charge in [0.05, 0.1) is 6.61 Å². The highest BCUT2D eigenvalue weighted by atomic mass is 32.2. The summed E-state index contributed by atoms with van der Waals surface area (Å²) in [7, 11) is -6.74. The monoisotopic (exact) mass is 451 g/mol. The summed E-state index contributed by atoms with van der Waals surface area (Å²) in [6.07, 6.45) is -6.88. The molecule has 0 fully saturated rings. The van der Waals surface area contributed by atoms with Crippen LogP contribution in [0.5, 0.6) is 0 Å². The maximum Gasteiger partial charge on any atom is 0.536 e. The Labute approximate surface area is 149 Å². The van der Waals surface area contributed by atoms with E-state index in [1.807, 2.05) is 0 Å². The molecule has 0 aliphatic carbocycles. The summed E-state index contributed by atoms with van der Waals surface area (Å²) in [6.45, 7) is -0.721. The van der Waals surface area contributed by atoms with Crippen LogP contribution >= 0.6 is 0 Å². The first-order valence-corrected chi connectivity index (χ1v) is 7.90. The van der Waals surface area contributed by atoms with Crippen molar-refractivity contribution in [2.24, 2.45) is 5.16 Å². The fourth-order valence-corrected chi connectivity index (χ4v) is 1.77. The molecule has 0 spiro atoms. The van der Waals surface area contributed by atoms with Crippen molar-refractivity contribution in [2.75, 3.05) is 0 Å². The highest BCUT2D eigenvalue weighted by Gasteiger charge is 2.75. The summed E-state index contributed by atoms with van der Waals surface area (Å²) < 4.78 is 152. The number of aliphatic hydroxyl groups is 1. The second kappa shape index (κ2) is 7.38. The van der Waals surface area contributed by atoms with E-state index in [0.29, 0.717) is 12.1 Å². The van der Waals surface area contributed by atoms with Crippen LogP contribution in [0.4, 0.5) is 43.9 Å². The molecule has 0 radical (unpaired) electrons. The van der Waals surface area contributed by atoms with Gasteiger partial charge in [-0.15, -0.1) is 0 Å². The molecule has 0 amide bonds. The maximum atomic E-state index is 13.9. The van der Waals surface area contributed by atoms with Crippen molar-refractivity contribution in [1.29, 1.82) is 0 Å². The Kier molecular flexibility index (Phi) is 6.31. The first-order valence-electron chi connectivity index (χ1n) is 6.49. The fraction of sp³-hybridized carbons (Fsp3) is 0.417. The summed E-state index contributed by atoms with van der Waals surface area (Å²) in [6, 6.07) is 2.22. The molecule has 0 unspecified atom stereocenters. The van der Waals surface area contributed by atoms with Crippen LogP contribution in [0.3, 0.4) is 0 Å². The lowest BCUT2D eigenvalue weighted by atomic mass is 9.98. The van der Waals surface area contributed by atoms with Crippen LogP contribution in [0.15, 0.2) is 29.4 Å². The smallest absolute Gasteiger partial charge is 0.392 e. The number of alkyl halides is 10. The first-order chi connectivity index (χ1) is 12.4. The molecule has 1 aromatic carbocycles. The van der Waals surface area contributed by atoms with E-state index in [1.54, 1.807) is 5.16 Å². The van der Waals surface area contributed by atoms with Crippen LogP contribution < -0.4 is 0 Å². The van der Waals surface area contributed by atoms with Crippen molar-refractivity contribution in [2.45, 2.75) is 30.1 Å². The largest absolute Gasteiger partial charge is 0.536 e. The molecule has 28 heavy (non-hydrogen) atoms. The van der Waals surface area contributed by atoms with Crippen LogP contribution in [-0.2, 0) is 21.0 Å². The predicted molar refractivity (Wildman–Crippen MR) is 70.9 cm³/mol. The molecular formula is C12H7F10NO4S. The second-order valence-electron chi connectivity index (χ2n) is 4.92. The van der Waals surface area contributed by atoms with E-state index in [9.17, 15) is 52.3 Å². The molecule has 0 saturated carbocycles. The van der Waals surface area contributed by atoms with Crippen molar-refractivity contribution in [3.63, 3.8) is 0 Å². The minimum atomic E-state index is -6.88. The lowest BCUT2D eigenvalue weighted by Crippen LogP contribution is -2.56. The quantitative estimate of drug-likeness (QED) is 0.311. The Morgan fingerprint density at radius 3 is 1.75 bits per heavy atom. The number of hydrogen-bond donors (Lipinski definition) is 1. The Morgan fingerprint density at radius 1 is 0.929 bits per heavy atom. The SMILES string of the molecule is O=S(=O)(ON=C(c1ccc(CO)cc1)C(F)(F)C(F)(F)C(F)(F)F)C(F)(F)F. The number of hydrogen-bond acceptors (Lipinski definition) is 5. The molecule has 0 aliphatic rings. The average Bonchev–Trinajstić information content (AvgIpc) is 2.53. The standard InChI is InChI=1S/C12H7F10NO4S/c13-9(14,10(15,16)11(17,18)19)8(7-3-1-6(5-24)2-4-7)23-27-28(25,26)12(20,21)22/h1-4,24H,5H2. The zero-order valence-corrected chi connectivity index (χ0v) is 13.6. The Hall–Kier alpha value is -2.10. The van der Waals surface area contributed by atoms with Crippen LogP contribution in [0.25, 0.3) is 0 Å². The molecule has 5 nitrogen and oxygen atoms in total. The molecule has 0 bridgehead atoms. The first kappa shape index (κ1) is 23.9. The molecule has 1 N–H and O–H groups in total. The Morgan fingerprint density at radius 2 is 1.39 bits per heavy atom. The van der Waals surface area contributed by atoms with Gasteiger partial charge in [0.15, 0.2) is 5.71 Å². The zero-order chi connectivity index (χ0) is 22.2.